The predicted octanol–water partition coefficient (Wildman–Crippen LogP) is 7.43. The number of phenolic OH excluding ortho intramolecular Hbond substituents is 2. The minimum atomic E-state index is -1.34. The molecule has 0 bridgehead atoms. The highest BCUT2D eigenvalue weighted by Crippen LogP contribution is 2.36. The molecule has 0 aliphatic heterocycles. The Morgan fingerprint density at radius 2 is 1.46 bits per heavy atom. The van der Waals surface area contributed by atoms with Crippen molar-refractivity contribution in [3.63, 3.8) is 0 Å². The predicted molar refractivity (Wildman–Crippen MR) is 139 cm³/mol. The zero-order chi connectivity index (χ0) is 26.1. The van der Waals surface area contributed by atoms with Gasteiger partial charge in [0.05, 0.1) is 5.56 Å². The summed E-state index contributed by atoms with van der Waals surface area (Å²) in [5, 5.41) is 20.1. The van der Waals surface area contributed by atoms with Crippen molar-refractivity contribution in [1.82, 2.24) is 0 Å². The van der Waals surface area contributed by atoms with Crippen LogP contribution >= 0.6 is 0 Å². The van der Waals surface area contributed by atoms with Gasteiger partial charge >= 0.3 is 5.97 Å². The summed E-state index contributed by atoms with van der Waals surface area (Å²) < 4.78 is 5.33. The number of phenols is 2. The van der Waals surface area contributed by atoms with Crippen LogP contribution < -0.4 is 0 Å². The molecule has 0 aliphatic rings. The van der Waals surface area contributed by atoms with Gasteiger partial charge in [0.2, 0.25) is 0 Å². The smallest absolute Gasteiger partial charge is 0.306 e. The number of Topliss-reactive ketones (excluding diaryl/α,β-unsaturated/α-hetero) is 1. The van der Waals surface area contributed by atoms with Crippen LogP contribution in [0.5, 0.6) is 11.5 Å². The van der Waals surface area contributed by atoms with E-state index in [0.29, 0.717) is 12.7 Å². The van der Waals surface area contributed by atoms with E-state index in [-0.39, 0.29) is 28.9 Å². The van der Waals surface area contributed by atoms with Gasteiger partial charge in [-0.15, -0.1) is 0 Å². The third-order valence-corrected chi connectivity index (χ3v) is 6.26. The molecule has 0 amide bonds. The lowest BCUT2D eigenvalue weighted by atomic mass is 9.96. The van der Waals surface area contributed by atoms with Gasteiger partial charge in [-0.1, -0.05) is 70.4 Å². The first kappa shape index (κ1) is 30.4. The first-order valence-electron chi connectivity index (χ1n) is 13.2. The molecule has 6 nitrogen and oxygen atoms in total. The summed E-state index contributed by atoms with van der Waals surface area (Å²) in [5.41, 5.74) is -0.0434. The summed E-state index contributed by atoms with van der Waals surface area (Å²) in [7, 11) is 0. The third kappa shape index (κ3) is 11.6. The molecule has 0 saturated carbocycles. The highest BCUT2D eigenvalue weighted by molar-refractivity contribution is 5.91. The number of aldehydes is 1. The SMILES string of the molecule is CCCCCCCC/C=C/CCCCCCCC(=O)OC(C(C)=O)c1cc(O)c(C)c(O)c1C=O. The van der Waals surface area contributed by atoms with Crippen LogP contribution in [0.15, 0.2) is 18.2 Å². The second kappa shape index (κ2) is 17.8. The first-order valence-corrected chi connectivity index (χ1v) is 13.2. The van der Waals surface area contributed by atoms with Gasteiger partial charge in [0.25, 0.3) is 0 Å². The quantitative estimate of drug-likeness (QED) is 0.0908. The molecule has 0 aliphatic carbocycles. The van der Waals surface area contributed by atoms with Crippen molar-refractivity contribution in [3.05, 3.63) is 34.9 Å². The van der Waals surface area contributed by atoms with E-state index in [1.807, 2.05) is 0 Å². The fraction of sp³-hybridized carbons (Fsp3) is 0.621. The van der Waals surface area contributed by atoms with E-state index in [2.05, 4.69) is 19.1 Å². The molecule has 6 heteroatoms. The molecule has 35 heavy (non-hydrogen) atoms. The van der Waals surface area contributed by atoms with Gasteiger partial charge in [-0.3, -0.25) is 14.4 Å². The number of benzene rings is 1. The highest BCUT2D eigenvalue weighted by Gasteiger charge is 2.27. The lowest BCUT2D eigenvalue weighted by molar-refractivity contribution is -0.155. The summed E-state index contributed by atoms with van der Waals surface area (Å²) >= 11 is 0. The van der Waals surface area contributed by atoms with E-state index in [0.717, 1.165) is 32.1 Å². The minimum Gasteiger partial charge on any atom is -0.508 e. The van der Waals surface area contributed by atoms with E-state index in [1.54, 1.807) is 0 Å². The monoisotopic (exact) mass is 488 g/mol. The van der Waals surface area contributed by atoms with Gasteiger partial charge < -0.3 is 14.9 Å². The standard InChI is InChI=1S/C29H44O6/c1-4-5-6-7-8-9-10-11-12-13-14-15-16-17-18-19-27(33)35-29(23(3)31)24-20-26(32)22(2)28(34)25(24)21-30/h11-12,20-21,29,32,34H,4-10,13-19H2,1-3H3/b12-11+. The van der Waals surface area contributed by atoms with Crippen LogP contribution in [-0.2, 0) is 14.3 Å². The average Bonchev–Trinajstić information content (AvgIpc) is 2.83. The van der Waals surface area contributed by atoms with Gasteiger partial charge in [0.1, 0.15) is 11.5 Å². The Labute approximate surface area is 210 Å². The summed E-state index contributed by atoms with van der Waals surface area (Å²) in [6.45, 7) is 4.92. The van der Waals surface area contributed by atoms with Crippen LogP contribution in [0.25, 0.3) is 0 Å². The topological polar surface area (TPSA) is 101 Å². The molecular formula is C29H44O6. The number of hydrogen-bond donors (Lipinski definition) is 2. The zero-order valence-electron chi connectivity index (χ0n) is 21.8. The molecule has 196 valence electrons. The Morgan fingerprint density at radius 3 is 2.00 bits per heavy atom. The fourth-order valence-corrected chi connectivity index (χ4v) is 4.03. The Hall–Kier alpha value is -2.63. The normalized spacial score (nSPS) is 12.1. The van der Waals surface area contributed by atoms with Gasteiger partial charge in [-0.05, 0) is 52.0 Å². The summed E-state index contributed by atoms with van der Waals surface area (Å²) in [6.07, 6.45) is 18.8. The average molecular weight is 489 g/mol. The lowest BCUT2D eigenvalue weighted by Crippen LogP contribution is -2.19. The number of unbranched alkanes of at least 4 members (excludes halogenated alkanes) is 11. The molecule has 1 unspecified atom stereocenters. The van der Waals surface area contributed by atoms with E-state index >= 15 is 0 Å². The van der Waals surface area contributed by atoms with Crippen LogP contribution in [0.3, 0.4) is 0 Å². The van der Waals surface area contributed by atoms with E-state index in [4.69, 9.17) is 4.74 Å². The summed E-state index contributed by atoms with van der Waals surface area (Å²) in [4.78, 5) is 35.9. The van der Waals surface area contributed by atoms with Crippen molar-refractivity contribution in [3.8, 4) is 11.5 Å². The Morgan fingerprint density at radius 1 is 0.914 bits per heavy atom. The third-order valence-electron chi connectivity index (χ3n) is 6.26. The molecule has 0 spiro atoms. The van der Waals surface area contributed by atoms with E-state index in [9.17, 15) is 24.6 Å². The largest absolute Gasteiger partial charge is 0.508 e. The number of aromatic hydroxyl groups is 2. The maximum atomic E-state index is 12.3. The highest BCUT2D eigenvalue weighted by atomic mass is 16.5. The molecule has 0 heterocycles. The molecule has 1 aromatic carbocycles. The van der Waals surface area contributed by atoms with Crippen molar-refractivity contribution < 1.29 is 29.3 Å². The van der Waals surface area contributed by atoms with Gasteiger partial charge in [0.15, 0.2) is 18.2 Å². The van der Waals surface area contributed by atoms with Gasteiger partial charge in [0, 0.05) is 17.5 Å². The first-order chi connectivity index (χ1) is 16.8. The number of hydrogen-bond acceptors (Lipinski definition) is 6. The zero-order valence-corrected chi connectivity index (χ0v) is 21.8. The molecular weight excluding hydrogens is 444 g/mol. The molecule has 0 saturated heterocycles. The van der Waals surface area contributed by atoms with Crippen LogP contribution in [-0.4, -0.2) is 28.3 Å². The number of allylic oxidation sites excluding steroid dienone is 2. The fourth-order valence-electron chi connectivity index (χ4n) is 4.03. The van der Waals surface area contributed by atoms with Crippen LogP contribution in [0.4, 0.5) is 0 Å². The number of ether oxygens (including phenoxy) is 1. The number of carbonyl (C=O) groups is 3. The molecule has 1 rings (SSSR count). The van der Waals surface area contributed by atoms with Crippen molar-refractivity contribution in [1.29, 1.82) is 0 Å². The summed E-state index contributed by atoms with van der Waals surface area (Å²) in [6, 6.07) is 1.19. The summed E-state index contributed by atoms with van der Waals surface area (Å²) in [5.74, 6) is -1.73. The maximum absolute atomic E-state index is 12.3. The van der Waals surface area contributed by atoms with Crippen LogP contribution in [0.1, 0.15) is 131 Å². The molecule has 0 radical (unpaired) electrons. The Bertz CT molecular complexity index is 827. The van der Waals surface area contributed by atoms with Crippen molar-refractivity contribution in [2.75, 3.05) is 0 Å². The van der Waals surface area contributed by atoms with Crippen molar-refractivity contribution >= 4 is 18.0 Å². The van der Waals surface area contributed by atoms with E-state index in [1.165, 1.54) is 64.9 Å². The lowest BCUT2D eigenvalue weighted by Gasteiger charge is -2.19. The van der Waals surface area contributed by atoms with Crippen LogP contribution in [0.2, 0.25) is 0 Å². The molecule has 0 fully saturated rings. The molecule has 1 atom stereocenters. The number of rotatable bonds is 19. The van der Waals surface area contributed by atoms with Crippen LogP contribution in [0, 0.1) is 6.92 Å². The van der Waals surface area contributed by atoms with Crippen molar-refractivity contribution in [2.45, 2.75) is 117 Å². The Kier molecular flexibility index (Phi) is 15.4. The van der Waals surface area contributed by atoms with Gasteiger partial charge in [-0.2, -0.15) is 0 Å². The van der Waals surface area contributed by atoms with Gasteiger partial charge in [-0.25, -0.2) is 0 Å². The molecule has 1 aromatic rings. The molecule has 0 aromatic heterocycles. The molecule has 2 N–H and O–H groups in total. The second-order valence-corrected chi connectivity index (χ2v) is 9.30. The number of esters is 1. The minimum absolute atomic E-state index is 0.00834. The second-order valence-electron chi connectivity index (χ2n) is 9.30. The number of carbonyl (C=O) groups excluding carboxylic acids is 3. The maximum Gasteiger partial charge on any atom is 0.306 e. The van der Waals surface area contributed by atoms with E-state index < -0.39 is 23.6 Å². The number of ketones is 1. The van der Waals surface area contributed by atoms with Crippen molar-refractivity contribution in [2.24, 2.45) is 0 Å². The Balaban J connectivity index is 2.29.